The van der Waals surface area contributed by atoms with Crippen LogP contribution in [0.3, 0.4) is 0 Å². The molecule has 0 amide bonds. The summed E-state index contributed by atoms with van der Waals surface area (Å²) in [6, 6.07) is 7.84. The van der Waals surface area contributed by atoms with Crippen LogP contribution in [0.4, 0.5) is 0 Å². The first kappa shape index (κ1) is 16.6. The van der Waals surface area contributed by atoms with E-state index in [-0.39, 0.29) is 18.1 Å². The number of rotatable bonds is 8. The van der Waals surface area contributed by atoms with Crippen LogP contribution in [-0.2, 0) is 0 Å². The van der Waals surface area contributed by atoms with Crippen molar-refractivity contribution in [2.75, 3.05) is 13.2 Å². The van der Waals surface area contributed by atoms with Gasteiger partial charge >= 0.3 is 0 Å². The summed E-state index contributed by atoms with van der Waals surface area (Å²) in [5.41, 5.74) is 0.120. The molecular formula is C16H22ClNO2S. The topological polar surface area (TPSA) is 45.4 Å². The van der Waals surface area contributed by atoms with E-state index in [4.69, 9.17) is 21.1 Å². The summed E-state index contributed by atoms with van der Waals surface area (Å²) < 4.78 is 6.35. The maximum atomic E-state index is 8.99. The predicted molar refractivity (Wildman–Crippen MR) is 88.0 cm³/mol. The molecule has 3 nitrogen and oxygen atoms in total. The van der Waals surface area contributed by atoms with Crippen LogP contribution in [0.2, 0.25) is 4.34 Å². The van der Waals surface area contributed by atoms with Gasteiger partial charge in [-0.2, -0.15) is 0 Å². The molecule has 2 aromatic rings. The van der Waals surface area contributed by atoms with Crippen LogP contribution < -0.4 is 5.32 Å². The lowest BCUT2D eigenvalue weighted by molar-refractivity contribution is 0.232. The Kier molecular flexibility index (Phi) is 5.88. The molecule has 1 atom stereocenters. The highest BCUT2D eigenvalue weighted by molar-refractivity contribution is 7.16. The zero-order valence-corrected chi connectivity index (χ0v) is 14.0. The Labute approximate surface area is 134 Å². The van der Waals surface area contributed by atoms with Crippen LogP contribution in [0.15, 0.2) is 34.9 Å². The number of aliphatic hydroxyl groups excluding tert-OH is 1. The van der Waals surface area contributed by atoms with Gasteiger partial charge in [0.15, 0.2) is 0 Å². The van der Waals surface area contributed by atoms with Gasteiger partial charge in [0.1, 0.15) is 11.8 Å². The van der Waals surface area contributed by atoms with Gasteiger partial charge in [-0.05, 0) is 42.5 Å². The highest BCUT2D eigenvalue weighted by Gasteiger charge is 2.23. The number of halogens is 1. The molecule has 0 aromatic carbocycles. The zero-order valence-electron chi connectivity index (χ0n) is 12.4. The lowest BCUT2D eigenvalue weighted by Crippen LogP contribution is -2.32. The second kappa shape index (κ2) is 7.45. The second-order valence-electron chi connectivity index (χ2n) is 5.96. The van der Waals surface area contributed by atoms with Gasteiger partial charge in [-0.1, -0.05) is 25.4 Å². The van der Waals surface area contributed by atoms with Crippen molar-refractivity contribution < 1.29 is 9.52 Å². The van der Waals surface area contributed by atoms with Crippen molar-refractivity contribution in [3.8, 4) is 0 Å². The summed E-state index contributed by atoms with van der Waals surface area (Å²) in [6.07, 6.45) is 3.49. The summed E-state index contributed by atoms with van der Waals surface area (Å²) >= 11 is 7.62. The molecule has 21 heavy (non-hydrogen) atoms. The van der Waals surface area contributed by atoms with E-state index < -0.39 is 0 Å². The van der Waals surface area contributed by atoms with Crippen LogP contribution in [0, 0.1) is 5.41 Å². The Balaban J connectivity index is 2.07. The largest absolute Gasteiger partial charge is 0.467 e. The molecule has 2 N–H and O–H groups in total. The summed E-state index contributed by atoms with van der Waals surface area (Å²) in [6.45, 7) is 5.49. The number of hydrogen-bond acceptors (Lipinski definition) is 4. The van der Waals surface area contributed by atoms with E-state index in [1.165, 1.54) is 0 Å². The van der Waals surface area contributed by atoms with Gasteiger partial charge in [0.25, 0.3) is 0 Å². The molecule has 0 radical (unpaired) electrons. The van der Waals surface area contributed by atoms with Crippen LogP contribution in [-0.4, -0.2) is 18.3 Å². The minimum atomic E-state index is 0.0194. The predicted octanol–water partition coefficient (Wildman–Crippen LogP) is 4.47. The summed E-state index contributed by atoms with van der Waals surface area (Å²) in [5.74, 6) is 0.895. The molecule has 0 bridgehead atoms. The lowest BCUT2D eigenvalue weighted by Gasteiger charge is -2.27. The Morgan fingerprint density at radius 1 is 1.38 bits per heavy atom. The maximum absolute atomic E-state index is 8.99. The molecule has 1 unspecified atom stereocenters. The highest BCUT2D eigenvalue weighted by Crippen LogP contribution is 2.32. The standard InChI is InChI=1S/C16H22ClNO2S/c1-16(2,8-4-9-19)11-18-15(12-5-3-10-20-12)13-6-7-14(17)21-13/h3,5-7,10,15,18-19H,4,8-9,11H2,1-2H3. The van der Waals surface area contributed by atoms with Crippen molar-refractivity contribution in [1.82, 2.24) is 5.32 Å². The fourth-order valence-corrected chi connectivity index (χ4v) is 3.45. The van der Waals surface area contributed by atoms with E-state index in [0.29, 0.717) is 0 Å². The third-order valence-corrected chi connectivity index (χ3v) is 4.80. The fourth-order valence-electron chi connectivity index (χ4n) is 2.30. The minimum Gasteiger partial charge on any atom is -0.467 e. The number of nitrogens with one attached hydrogen (secondary N) is 1. The van der Waals surface area contributed by atoms with E-state index in [0.717, 1.165) is 34.4 Å². The fraction of sp³-hybridized carbons (Fsp3) is 0.500. The Morgan fingerprint density at radius 3 is 2.76 bits per heavy atom. The molecule has 2 aromatic heterocycles. The first-order valence-corrected chi connectivity index (χ1v) is 8.34. The molecular weight excluding hydrogens is 306 g/mol. The monoisotopic (exact) mass is 327 g/mol. The molecule has 0 aliphatic carbocycles. The lowest BCUT2D eigenvalue weighted by atomic mass is 9.87. The normalized spacial score (nSPS) is 13.5. The molecule has 0 aliphatic heterocycles. The summed E-state index contributed by atoms with van der Waals surface area (Å²) in [4.78, 5) is 1.15. The first-order chi connectivity index (χ1) is 10.0. The van der Waals surface area contributed by atoms with Gasteiger partial charge in [-0.25, -0.2) is 0 Å². The first-order valence-electron chi connectivity index (χ1n) is 7.15. The number of thiophene rings is 1. The van der Waals surface area contributed by atoms with E-state index >= 15 is 0 Å². The third kappa shape index (κ3) is 4.85. The van der Waals surface area contributed by atoms with Gasteiger partial charge in [-0.15, -0.1) is 11.3 Å². The SMILES string of the molecule is CC(C)(CCCO)CNC(c1ccco1)c1ccc(Cl)s1. The number of aliphatic hydroxyl groups is 1. The molecule has 2 heterocycles. The molecule has 116 valence electrons. The van der Waals surface area contributed by atoms with Gasteiger partial charge in [-0.3, -0.25) is 0 Å². The van der Waals surface area contributed by atoms with Crippen molar-refractivity contribution in [3.05, 3.63) is 45.5 Å². The van der Waals surface area contributed by atoms with Crippen LogP contribution >= 0.6 is 22.9 Å². The quantitative estimate of drug-likeness (QED) is 0.751. The maximum Gasteiger partial charge on any atom is 0.126 e. The van der Waals surface area contributed by atoms with Gasteiger partial charge in [0.2, 0.25) is 0 Å². The second-order valence-corrected chi connectivity index (χ2v) is 7.71. The molecule has 0 aliphatic rings. The molecule has 2 rings (SSSR count). The van der Waals surface area contributed by atoms with Crippen LogP contribution in [0.5, 0.6) is 0 Å². The average molecular weight is 328 g/mol. The third-order valence-electron chi connectivity index (χ3n) is 3.50. The van der Waals surface area contributed by atoms with Gasteiger partial charge < -0.3 is 14.8 Å². The van der Waals surface area contributed by atoms with Gasteiger partial charge in [0.05, 0.1) is 10.6 Å². The molecule has 0 fully saturated rings. The number of hydrogen-bond donors (Lipinski definition) is 2. The van der Waals surface area contributed by atoms with Crippen molar-refractivity contribution in [1.29, 1.82) is 0 Å². The van der Waals surface area contributed by atoms with Crippen LogP contribution in [0.25, 0.3) is 0 Å². The van der Waals surface area contributed by atoms with Crippen LogP contribution in [0.1, 0.15) is 43.4 Å². The number of furan rings is 1. The Bertz CT molecular complexity index is 536. The average Bonchev–Trinajstić information content (AvgIpc) is 3.09. The molecule has 0 saturated carbocycles. The highest BCUT2D eigenvalue weighted by atomic mass is 35.5. The van der Waals surface area contributed by atoms with Gasteiger partial charge in [0, 0.05) is 18.0 Å². The van der Waals surface area contributed by atoms with E-state index in [2.05, 4.69) is 19.2 Å². The Morgan fingerprint density at radius 2 is 2.19 bits per heavy atom. The minimum absolute atomic E-state index is 0.0194. The van der Waals surface area contributed by atoms with Crippen molar-refractivity contribution in [2.24, 2.45) is 5.41 Å². The molecule has 0 saturated heterocycles. The van der Waals surface area contributed by atoms with Crippen molar-refractivity contribution >= 4 is 22.9 Å². The Hall–Kier alpha value is -0.810. The summed E-state index contributed by atoms with van der Waals surface area (Å²) in [5, 5.41) is 12.6. The van der Waals surface area contributed by atoms with E-state index in [1.54, 1.807) is 17.6 Å². The molecule has 0 spiro atoms. The smallest absolute Gasteiger partial charge is 0.126 e. The van der Waals surface area contributed by atoms with Crippen molar-refractivity contribution in [2.45, 2.75) is 32.7 Å². The zero-order chi connectivity index (χ0) is 15.3. The summed E-state index contributed by atoms with van der Waals surface area (Å²) in [7, 11) is 0. The van der Waals surface area contributed by atoms with E-state index in [9.17, 15) is 0 Å². The molecule has 5 heteroatoms. The van der Waals surface area contributed by atoms with Crippen molar-refractivity contribution in [3.63, 3.8) is 0 Å². The van der Waals surface area contributed by atoms with E-state index in [1.807, 2.05) is 24.3 Å².